The Morgan fingerprint density at radius 2 is 1.82 bits per heavy atom. The number of nitrogens with zero attached hydrogens (tertiary/aromatic N) is 2. The summed E-state index contributed by atoms with van der Waals surface area (Å²) < 4.78 is 22.8. The van der Waals surface area contributed by atoms with E-state index in [9.17, 15) is 14.4 Å². The SMILES string of the molecule is CCC[NH2+]c1cc2oc3cc(=NCCCNC(=O)[C@@H](NC(=O)OC(C)(C)C)C(C)C)ccc-3nc2c2cc(OCCCC(=O)OCC)ccc12. The first kappa shape index (κ1) is 38.1. The highest BCUT2D eigenvalue weighted by molar-refractivity contribution is 6.08. The molecule has 270 valence electrons. The maximum atomic E-state index is 12.8. The van der Waals surface area contributed by atoms with Gasteiger partial charge in [-0.1, -0.05) is 20.8 Å². The van der Waals surface area contributed by atoms with Crippen molar-refractivity contribution in [2.45, 2.75) is 85.8 Å². The van der Waals surface area contributed by atoms with Crippen molar-refractivity contribution in [1.82, 2.24) is 15.6 Å². The third-order valence-corrected chi connectivity index (χ3v) is 7.77. The summed E-state index contributed by atoms with van der Waals surface area (Å²) in [6.45, 7) is 15.6. The van der Waals surface area contributed by atoms with E-state index in [4.69, 9.17) is 28.6 Å². The second-order valence-electron chi connectivity index (χ2n) is 13.5. The number of ether oxygens (including phenoxy) is 3. The molecular formula is C38H52N5O7+. The van der Waals surface area contributed by atoms with Crippen LogP contribution in [0, 0.1) is 5.92 Å². The van der Waals surface area contributed by atoms with Crippen LogP contribution in [-0.4, -0.2) is 67.4 Å². The Morgan fingerprint density at radius 1 is 1.02 bits per heavy atom. The molecule has 2 aromatic carbocycles. The van der Waals surface area contributed by atoms with Gasteiger partial charge in [-0.15, -0.1) is 0 Å². The van der Waals surface area contributed by atoms with Crippen LogP contribution in [0.1, 0.15) is 74.1 Å². The van der Waals surface area contributed by atoms with Gasteiger partial charge in [0, 0.05) is 42.4 Å². The molecule has 0 radical (unpaired) electrons. The van der Waals surface area contributed by atoms with Crippen LogP contribution in [0.5, 0.6) is 5.75 Å². The fraction of sp³-hybridized carbons (Fsp3) is 0.500. The lowest BCUT2D eigenvalue weighted by Crippen LogP contribution is -2.77. The van der Waals surface area contributed by atoms with Gasteiger partial charge in [0.15, 0.2) is 11.3 Å². The highest BCUT2D eigenvalue weighted by atomic mass is 16.6. The number of nitrogens with one attached hydrogen (secondary N) is 2. The van der Waals surface area contributed by atoms with E-state index in [0.29, 0.717) is 68.4 Å². The second kappa shape index (κ2) is 17.8. The number of esters is 1. The molecule has 2 aromatic rings. The van der Waals surface area contributed by atoms with Gasteiger partial charge in [-0.05, 0) is 83.2 Å². The number of benzene rings is 3. The van der Waals surface area contributed by atoms with Crippen LogP contribution in [0.3, 0.4) is 0 Å². The minimum Gasteiger partial charge on any atom is -0.494 e. The molecule has 1 aliphatic heterocycles. The molecule has 4 N–H and O–H groups in total. The first-order valence-corrected chi connectivity index (χ1v) is 17.6. The lowest BCUT2D eigenvalue weighted by Gasteiger charge is -2.25. The van der Waals surface area contributed by atoms with Crippen molar-refractivity contribution in [1.29, 1.82) is 0 Å². The summed E-state index contributed by atoms with van der Waals surface area (Å²) >= 11 is 0. The monoisotopic (exact) mass is 690 g/mol. The topological polar surface area (TPSA) is 158 Å². The number of quaternary nitrogens is 1. The number of amides is 2. The van der Waals surface area contributed by atoms with E-state index < -0.39 is 17.7 Å². The Hall–Kier alpha value is -4.71. The molecule has 0 bridgehead atoms. The molecule has 4 rings (SSSR count). The highest BCUT2D eigenvalue weighted by Gasteiger charge is 2.26. The zero-order chi connectivity index (χ0) is 36.3. The number of hydrogen-bond acceptors (Lipinski definition) is 9. The third kappa shape index (κ3) is 10.9. The molecular weight excluding hydrogens is 638 g/mol. The van der Waals surface area contributed by atoms with Crippen LogP contribution in [0.2, 0.25) is 0 Å². The summed E-state index contributed by atoms with van der Waals surface area (Å²) in [5.41, 5.74) is 2.51. The van der Waals surface area contributed by atoms with Crippen molar-refractivity contribution in [3.05, 3.63) is 47.8 Å². The van der Waals surface area contributed by atoms with Gasteiger partial charge in [-0.3, -0.25) is 14.6 Å². The number of fused-ring (bicyclic) bond motifs is 4. The van der Waals surface area contributed by atoms with Crippen molar-refractivity contribution in [3.63, 3.8) is 0 Å². The van der Waals surface area contributed by atoms with Gasteiger partial charge >= 0.3 is 12.1 Å². The van der Waals surface area contributed by atoms with Gasteiger partial charge in [0.05, 0.1) is 25.1 Å². The van der Waals surface area contributed by atoms with E-state index in [1.165, 1.54) is 0 Å². The number of carbonyl (C=O) groups excluding carboxylic acids is 3. The Bertz CT molecular complexity index is 1810. The predicted octanol–water partition coefficient (Wildman–Crippen LogP) is 5.37. The number of nitrogens with two attached hydrogens (primary N) is 1. The number of alkyl carbamates (subject to hydrolysis) is 1. The lowest BCUT2D eigenvalue weighted by molar-refractivity contribution is -0.569. The van der Waals surface area contributed by atoms with E-state index in [-0.39, 0.29) is 17.8 Å². The van der Waals surface area contributed by atoms with Gasteiger partial charge in [0.2, 0.25) is 5.91 Å². The van der Waals surface area contributed by atoms with Crippen molar-refractivity contribution in [2.75, 3.05) is 32.8 Å². The summed E-state index contributed by atoms with van der Waals surface area (Å²) in [7, 11) is 0. The van der Waals surface area contributed by atoms with Crippen molar-refractivity contribution >= 4 is 45.5 Å². The number of hydrogen-bond donors (Lipinski definition) is 3. The van der Waals surface area contributed by atoms with Crippen molar-refractivity contribution in [2.24, 2.45) is 10.9 Å². The first-order valence-electron chi connectivity index (χ1n) is 17.6. The largest absolute Gasteiger partial charge is 0.494 e. The molecule has 12 heteroatoms. The summed E-state index contributed by atoms with van der Waals surface area (Å²) in [6, 6.07) is 13.0. The van der Waals surface area contributed by atoms with Crippen molar-refractivity contribution < 1.29 is 38.3 Å². The second-order valence-corrected chi connectivity index (χ2v) is 13.5. The summed E-state index contributed by atoms with van der Waals surface area (Å²) in [4.78, 5) is 46.4. The van der Waals surface area contributed by atoms with Gasteiger partial charge in [-0.25, -0.2) is 9.78 Å². The molecule has 2 amide bonds. The molecule has 0 aromatic heterocycles. The van der Waals surface area contributed by atoms with Crippen LogP contribution < -0.4 is 26.0 Å². The zero-order valence-electron chi connectivity index (χ0n) is 30.4. The minimum absolute atomic E-state index is 0.110. The molecule has 12 nitrogen and oxygen atoms in total. The van der Waals surface area contributed by atoms with E-state index in [0.717, 1.165) is 40.3 Å². The van der Waals surface area contributed by atoms with Gasteiger partial charge in [0.25, 0.3) is 0 Å². The Kier molecular flexibility index (Phi) is 13.6. The first-order chi connectivity index (χ1) is 23.9. The highest BCUT2D eigenvalue weighted by Crippen LogP contribution is 2.34. The fourth-order valence-corrected chi connectivity index (χ4v) is 5.37. The van der Waals surface area contributed by atoms with E-state index in [1.807, 2.05) is 56.3 Å². The molecule has 50 heavy (non-hydrogen) atoms. The van der Waals surface area contributed by atoms with Crippen molar-refractivity contribution in [3.8, 4) is 17.2 Å². The van der Waals surface area contributed by atoms with E-state index >= 15 is 0 Å². The van der Waals surface area contributed by atoms with Gasteiger partial charge in [-0.2, -0.15) is 0 Å². The normalized spacial score (nSPS) is 12.8. The zero-order valence-corrected chi connectivity index (χ0v) is 30.4. The summed E-state index contributed by atoms with van der Waals surface area (Å²) in [6.07, 6.45) is 1.89. The summed E-state index contributed by atoms with van der Waals surface area (Å²) in [5, 5.41) is 10.5. The lowest BCUT2D eigenvalue weighted by atomic mass is 10.0. The average molecular weight is 691 g/mol. The quantitative estimate of drug-likeness (QED) is 0.0466. The van der Waals surface area contributed by atoms with Crippen LogP contribution >= 0.6 is 0 Å². The van der Waals surface area contributed by atoms with Crippen LogP contribution in [0.15, 0.2) is 51.9 Å². The van der Waals surface area contributed by atoms with Crippen LogP contribution in [-0.2, 0) is 19.1 Å². The van der Waals surface area contributed by atoms with Gasteiger partial charge in [0.1, 0.15) is 34.3 Å². The molecule has 1 atom stereocenters. The molecule has 1 aliphatic carbocycles. The third-order valence-electron chi connectivity index (χ3n) is 7.77. The molecule has 0 saturated heterocycles. The standard InChI is InChI=1S/C38H51N5O7/c1-8-17-40-30-23-32-35(28-22-26(14-15-27(28)30)48-20-10-12-33(44)47-9-2)42-29-16-13-25(21-31(29)49-32)39-18-11-19-41-36(45)34(24(3)4)43-37(46)50-38(5,6)7/h13-16,21-24,34,40H,8-12,17-20H2,1-7H3,(H,41,45)(H,43,46)/p+1/t34-/m0/s1. The molecule has 1 heterocycles. The molecule has 2 aliphatic rings. The Balaban J connectivity index is 1.47. The maximum Gasteiger partial charge on any atom is 0.408 e. The predicted molar refractivity (Wildman–Crippen MR) is 192 cm³/mol. The molecule has 0 spiro atoms. The maximum absolute atomic E-state index is 12.8. The smallest absolute Gasteiger partial charge is 0.408 e. The Morgan fingerprint density at radius 3 is 2.54 bits per heavy atom. The fourth-order valence-electron chi connectivity index (χ4n) is 5.37. The van der Waals surface area contributed by atoms with E-state index in [1.54, 1.807) is 27.7 Å². The molecule has 0 unspecified atom stereocenters. The number of carbonyl (C=O) groups is 3. The minimum atomic E-state index is -0.703. The van der Waals surface area contributed by atoms with Crippen LogP contribution in [0.4, 0.5) is 10.5 Å². The molecule has 0 fully saturated rings. The van der Waals surface area contributed by atoms with Crippen LogP contribution in [0.25, 0.3) is 33.3 Å². The average Bonchev–Trinajstić information content (AvgIpc) is 3.06. The summed E-state index contributed by atoms with van der Waals surface area (Å²) in [5.74, 6) is 0.722. The Labute approximate surface area is 293 Å². The molecule has 0 saturated carbocycles. The number of aromatic nitrogens is 1. The number of rotatable bonds is 16. The van der Waals surface area contributed by atoms with Gasteiger partial charge < -0.3 is 34.6 Å². The van der Waals surface area contributed by atoms with E-state index in [2.05, 4.69) is 22.9 Å².